The van der Waals surface area contributed by atoms with Crippen molar-refractivity contribution < 1.29 is 18.0 Å². The van der Waals surface area contributed by atoms with E-state index in [2.05, 4.69) is 20.8 Å². The monoisotopic (exact) mass is 348 g/mol. The maximum Gasteiger partial charge on any atom is 0.417 e. The Hall–Kier alpha value is -2.63. The molecule has 0 aliphatic rings. The minimum absolute atomic E-state index is 0.0354. The summed E-state index contributed by atoms with van der Waals surface area (Å²) in [6.07, 6.45) is -4.11. The molecule has 0 aliphatic carbocycles. The smallest absolute Gasteiger partial charge is 0.331 e. The number of carbonyl (C=O) groups excluding carboxylic acids is 1. The van der Waals surface area contributed by atoms with Crippen molar-refractivity contribution in [2.24, 2.45) is 7.05 Å². The Morgan fingerprint density at radius 3 is 2.74 bits per heavy atom. The number of rotatable bonds is 3. The highest BCUT2D eigenvalue weighted by molar-refractivity contribution is 7.71. The molecule has 0 saturated heterocycles. The molecule has 0 radical (unpaired) electrons. The number of aromatic amines is 2. The lowest BCUT2D eigenvalue weighted by molar-refractivity contribution is -0.137. The third-order valence-electron chi connectivity index (χ3n) is 2.86. The Kier molecular flexibility index (Phi) is 4.54. The molecule has 0 spiro atoms. The Bertz CT molecular complexity index is 837. The number of alkyl halides is 3. The summed E-state index contributed by atoms with van der Waals surface area (Å²) in [6, 6.07) is -0.308. The van der Waals surface area contributed by atoms with E-state index in [1.54, 1.807) is 7.05 Å². The SMILES string of the molecule is Cn1c(CNC(=O)Nc2cc(C(F)(F)F)c[nH]c2=O)n[nH]c1=S. The maximum absolute atomic E-state index is 12.6. The van der Waals surface area contributed by atoms with Gasteiger partial charge in [-0.15, -0.1) is 0 Å². The summed E-state index contributed by atoms with van der Waals surface area (Å²) in [6.45, 7) is -0.0354. The van der Waals surface area contributed by atoms with Crippen LogP contribution in [0.25, 0.3) is 0 Å². The third kappa shape index (κ3) is 3.97. The number of halogens is 3. The van der Waals surface area contributed by atoms with Crippen LogP contribution in [0.4, 0.5) is 23.7 Å². The van der Waals surface area contributed by atoms with Crippen LogP contribution < -0.4 is 16.2 Å². The van der Waals surface area contributed by atoms with Gasteiger partial charge in [-0.05, 0) is 18.3 Å². The van der Waals surface area contributed by atoms with Crippen molar-refractivity contribution in [1.29, 1.82) is 0 Å². The van der Waals surface area contributed by atoms with Crippen molar-refractivity contribution in [1.82, 2.24) is 25.1 Å². The van der Waals surface area contributed by atoms with Gasteiger partial charge in [0.05, 0.1) is 12.1 Å². The van der Waals surface area contributed by atoms with Crippen LogP contribution in [0.15, 0.2) is 17.1 Å². The number of amides is 2. The first kappa shape index (κ1) is 16.7. The lowest BCUT2D eigenvalue weighted by Crippen LogP contribution is -2.31. The number of pyridine rings is 1. The summed E-state index contributed by atoms with van der Waals surface area (Å²) in [5, 5.41) is 10.8. The van der Waals surface area contributed by atoms with Crippen molar-refractivity contribution in [3.8, 4) is 0 Å². The summed E-state index contributed by atoms with van der Waals surface area (Å²) < 4.78 is 39.6. The van der Waals surface area contributed by atoms with Crippen molar-refractivity contribution >= 4 is 23.9 Å². The van der Waals surface area contributed by atoms with Gasteiger partial charge in [0.25, 0.3) is 5.56 Å². The van der Waals surface area contributed by atoms with Crippen molar-refractivity contribution in [2.75, 3.05) is 5.32 Å². The molecule has 12 heteroatoms. The highest BCUT2D eigenvalue weighted by Crippen LogP contribution is 2.29. The quantitative estimate of drug-likeness (QED) is 0.631. The lowest BCUT2D eigenvalue weighted by atomic mass is 10.2. The van der Waals surface area contributed by atoms with Crippen LogP contribution in [0, 0.1) is 4.77 Å². The highest BCUT2D eigenvalue weighted by atomic mass is 32.1. The van der Waals surface area contributed by atoms with E-state index in [1.807, 2.05) is 4.98 Å². The second-order valence-corrected chi connectivity index (χ2v) is 4.83. The summed E-state index contributed by atoms with van der Waals surface area (Å²) in [7, 11) is 1.62. The molecule has 0 saturated carbocycles. The Morgan fingerprint density at radius 2 is 2.17 bits per heavy atom. The predicted octanol–water partition coefficient (Wildman–Crippen LogP) is 1.51. The maximum atomic E-state index is 12.6. The third-order valence-corrected chi connectivity index (χ3v) is 3.22. The summed E-state index contributed by atoms with van der Waals surface area (Å²) in [4.78, 5) is 25.1. The molecule has 124 valence electrons. The number of hydrogen-bond donors (Lipinski definition) is 4. The average Bonchev–Trinajstić information content (AvgIpc) is 2.78. The van der Waals surface area contributed by atoms with Gasteiger partial charge in [0.1, 0.15) is 5.69 Å². The van der Waals surface area contributed by atoms with Crippen molar-refractivity contribution in [3.05, 3.63) is 38.8 Å². The second kappa shape index (κ2) is 6.24. The lowest BCUT2D eigenvalue weighted by Gasteiger charge is -2.10. The molecule has 2 amide bonds. The number of H-pyrrole nitrogens is 2. The number of aromatic nitrogens is 4. The zero-order chi connectivity index (χ0) is 17.2. The molecule has 0 fully saturated rings. The second-order valence-electron chi connectivity index (χ2n) is 4.44. The Balaban J connectivity index is 2.07. The molecule has 2 aromatic heterocycles. The molecule has 0 unspecified atom stereocenters. The van der Waals surface area contributed by atoms with Gasteiger partial charge >= 0.3 is 12.2 Å². The topological polar surface area (TPSA) is 108 Å². The van der Waals surface area contributed by atoms with Gasteiger partial charge in [0.2, 0.25) is 0 Å². The Morgan fingerprint density at radius 1 is 1.48 bits per heavy atom. The van der Waals surface area contributed by atoms with Gasteiger partial charge in [0.15, 0.2) is 10.6 Å². The van der Waals surface area contributed by atoms with Crippen LogP contribution in [0.3, 0.4) is 0 Å². The van der Waals surface area contributed by atoms with E-state index in [9.17, 15) is 22.8 Å². The van der Waals surface area contributed by atoms with Crippen molar-refractivity contribution in [2.45, 2.75) is 12.7 Å². The fourth-order valence-corrected chi connectivity index (χ4v) is 1.75. The first-order valence-corrected chi connectivity index (χ1v) is 6.54. The fraction of sp³-hybridized carbons (Fsp3) is 0.273. The molecule has 0 bridgehead atoms. The number of urea groups is 1. The first-order chi connectivity index (χ1) is 10.7. The largest absolute Gasteiger partial charge is 0.417 e. The molecule has 2 heterocycles. The van der Waals surface area contributed by atoms with Gasteiger partial charge in [0, 0.05) is 13.2 Å². The number of carbonyl (C=O) groups is 1. The van der Waals surface area contributed by atoms with Gasteiger partial charge in [-0.2, -0.15) is 18.3 Å². The minimum Gasteiger partial charge on any atom is -0.331 e. The molecular weight excluding hydrogens is 337 g/mol. The highest BCUT2D eigenvalue weighted by Gasteiger charge is 2.31. The first-order valence-electron chi connectivity index (χ1n) is 6.13. The van der Waals surface area contributed by atoms with Gasteiger partial charge in [-0.1, -0.05) is 0 Å². The standard InChI is InChI=1S/C11H11F3N6O2S/c1-20-7(18-19-10(20)23)4-16-9(22)17-6-2-5(11(12,13)14)3-15-8(6)21/h2-3H,4H2,1H3,(H,15,21)(H,19,23)(H2,16,17,22). The molecular formula is C11H11F3N6O2S. The number of nitrogens with zero attached hydrogens (tertiary/aromatic N) is 2. The predicted molar refractivity (Wildman–Crippen MR) is 76.3 cm³/mol. The van der Waals surface area contributed by atoms with Crippen LogP contribution in [0.5, 0.6) is 0 Å². The molecule has 0 atom stereocenters. The number of anilines is 1. The van der Waals surface area contributed by atoms with Crippen molar-refractivity contribution in [3.63, 3.8) is 0 Å². The molecule has 0 aliphatic heterocycles. The summed E-state index contributed by atoms with van der Waals surface area (Å²) in [5.74, 6) is 0.406. The molecule has 4 N–H and O–H groups in total. The van der Waals surface area contributed by atoms with Crippen LogP contribution in [-0.4, -0.2) is 25.8 Å². The van der Waals surface area contributed by atoms with E-state index in [-0.39, 0.29) is 6.54 Å². The molecule has 2 rings (SSSR count). The molecule has 23 heavy (non-hydrogen) atoms. The van der Waals surface area contributed by atoms with Gasteiger partial charge < -0.3 is 20.2 Å². The van der Waals surface area contributed by atoms with Gasteiger partial charge in [-0.25, -0.2) is 4.79 Å². The fourth-order valence-electron chi connectivity index (χ4n) is 1.60. The van der Waals surface area contributed by atoms with Crippen LogP contribution in [0.1, 0.15) is 11.4 Å². The molecule has 2 aromatic rings. The minimum atomic E-state index is -4.64. The molecule has 0 aromatic carbocycles. The van der Waals surface area contributed by atoms with Crippen LogP contribution in [0.2, 0.25) is 0 Å². The van der Waals surface area contributed by atoms with E-state index in [0.717, 1.165) is 0 Å². The van der Waals surface area contributed by atoms with Crippen LogP contribution >= 0.6 is 12.2 Å². The van der Waals surface area contributed by atoms with E-state index in [0.29, 0.717) is 22.9 Å². The average molecular weight is 348 g/mol. The normalized spacial score (nSPS) is 11.3. The zero-order valence-corrected chi connectivity index (χ0v) is 12.4. The summed E-state index contributed by atoms with van der Waals surface area (Å²) >= 11 is 4.89. The number of hydrogen-bond acceptors (Lipinski definition) is 4. The number of nitrogens with one attached hydrogen (secondary N) is 4. The zero-order valence-electron chi connectivity index (χ0n) is 11.6. The summed E-state index contributed by atoms with van der Waals surface area (Å²) in [5.41, 5.74) is -2.46. The van der Waals surface area contributed by atoms with Gasteiger partial charge in [-0.3, -0.25) is 9.89 Å². The van der Waals surface area contributed by atoms with E-state index >= 15 is 0 Å². The van der Waals surface area contributed by atoms with Crippen LogP contribution in [-0.2, 0) is 19.8 Å². The molecule has 8 nitrogen and oxygen atoms in total. The Labute approximate surface area is 131 Å². The van der Waals surface area contributed by atoms with E-state index in [4.69, 9.17) is 12.2 Å². The van der Waals surface area contributed by atoms with E-state index in [1.165, 1.54) is 4.57 Å². The van der Waals surface area contributed by atoms with E-state index < -0.39 is 29.0 Å².